The van der Waals surface area contributed by atoms with Gasteiger partial charge in [0, 0.05) is 29.9 Å². The van der Waals surface area contributed by atoms with Gasteiger partial charge in [-0.15, -0.1) is 0 Å². The van der Waals surface area contributed by atoms with Crippen LogP contribution in [-0.4, -0.2) is 22.8 Å². The number of benzene rings is 1. The third kappa shape index (κ3) is 4.82. The second-order valence-electron chi connectivity index (χ2n) is 4.33. The Labute approximate surface area is 107 Å². The standard InChI is InChI=1S/C14H18N2O2/c1-10(2)16-12(9-14(17)18)8-13(15)11-6-4-3-5-7-11/h3-7,9-10,15-16H,8H2,1-2H3,(H,17,18)/b12-9-,15-13?. The smallest absolute Gasteiger partial charge is 0.330 e. The summed E-state index contributed by atoms with van der Waals surface area (Å²) in [5, 5.41) is 19.8. The first kappa shape index (κ1) is 14.0. The van der Waals surface area contributed by atoms with Crippen molar-refractivity contribution < 1.29 is 9.90 Å². The van der Waals surface area contributed by atoms with Gasteiger partial charge < -0.3 is 15.8 Å². The molecular weight excluding hydrogens is 228 g/mol. The van der Waals surface area contributed by atoms with Crippen molar-refractivity contribution in [2.75, 3.05) is 0 Å². The Balaban J connectivity index is 2.78. The summed E-state index contributed by atoms with van der Waals surface area (Å²) in [4.78, 5) is 10.7. The van der Waals surface area contributed by atoms with E-state index in [1.165, 1.54) is 0 Å². The van der Waals surface area contributed by atoms with Gasteiger partial charge in [-0.3, -0.25) is 0 Å². The van der Waals surface area contributed by atoms with Crippen molar-refractivity contribution in [1.29, 1.82) is 5.41 Å². The van der Waals surface area contributed by atoms with E-state index in [0.717, 1.165) is 11.6 Å². The van der Waals surface area contributed by atoms with Gasteiger partial charge in [0.2, 0.25) is 0 Å². The molecule has 3 N–H and O–H groups in total. The highest BCUT2D eigenvalue weighted by Crippen LogP contribution is 2.08. The van der Waals surface area contributed by atoms with Crippen molar-refractivity contribution in [3.63, 3.8) is 0 Å². The quantitative estimate of drug-likeness (QED) is 0.533. The van der Waals surface area contributed by atoms with Crippen LogP contribution < -0.4 is 5.32 Å². The number of allylic oxidation sites excluding steroid dienone is 1. The molecule has 0 aliphatic rings. The van der Waals surface area contributed by atoms with Crippen LogP contribution in [0.4, 0.5) is 0 Å². The van der Waals surface area contributed by atoms with Gasteiger partial charge in [0.25, 0.3) is 0 Å². The zero-order valence-corrected chi connectivity index (χ0v) is 10.6. The molecule has 0 spiro atoms. The Morgan fingerprint density at radius 2 is 2.00 bits per heavy atom. The molecule has 0 saturated carbocycles. The lowest BCUT2D eigenvalue weighted by atomic mass is 10.1. The van der Waals surface area contributed by atoms with Gasteiger partial charge in [0.1, 0.15) is 0 Å². The molecule has 0 radical (unpaired) electrons. The van der Waals surface area contributed by atoms with Crippen LogP contribution in [0.2, 0.25) is 0 Å². The number of hydrogen-bond acceptors (Lipinski definition) is 3. The van der Waals surface area contributed by atoms with E-state index in [1.807, 2.05) is 44.2 Å². The number of nitrogens with one attached hydrogen (secondary N) is 2. The lowest BCUT2D eigenvalue weighted by Gasteiger charge is -2.14. The lowest BCUT2D eigenvalue weighted by molar-refractivity contribution is -0.131. The summed E-state index contributed by atoms with van der Waals surface area (Å²) in [6, 6.07) is 9.43. The Bertz CT molecular complexity index is 450. The minimum Gasteiger partial charge on any atom is -0.478 e. The highest BCUT2D eigenvalue weighted by Gasteiger charge is 2.07. The van der Waals surface area contributed by atoms with E-state index in [0.29, 0.717) is 11.4 Å². The third-order valence-electron chi connectivity index (χ3n) is 2.26. The summed E-state index contributed by atoms with van der Waals surface area (Å²) < 4.78 is 0. The monoisotopic (exact) mass is 246 g/mol. The first-order valence-electron chi connectivity index (χ1n) is 5.82. The van der Waals surface area contributed by atoms with E-state index in [-0.39, 0.29) is 12.5 Å². The number of hydrogen-bond donors (Lipinski definition) is 3. The molecule has 1 aromatic carbocycles. The fourth-order valence-corrected chi connectivity index (χ4v) is 1.60. The fourth-order valence-electron chi connectivity index (χ4n) is 1.60. The predicted octanol–water partition coefficient (Wildman–Crippen LogP) is 2.41. The summed E-state index contributed by atoms with van der Waals surface area (Å²) in [6.07, 6.45) is 1.41. The van der Waals surface area contributed by atoms with Crippen molar-refractivity contribution in [2.45, 2.75) is 26.3 Å². The van der Waals surface area contributed by atoms with E-state index in [1.54, 1.807) is 0 Å². The highest BCUT2D eigenvalue weighted by molar-refractivity contribution is 6.00. The van der Waals surface area contributed by atoms with E-state index >= 15 is 0 Å². The zero-order chi connectivity index (χ0) is 13.5. The Kier molecular flexibility index (Phi) is 5.11. The first-order chi connectivity index (χ1) is 8.49. The van der Waals surface area contributed by atoms with Crippen LogP contribution in [0, 0.1) is 5.41 Å². The largest absolute Gasteiger partial charge is 0.478 e. The Morgan fingerprint density at radius 1 is 1.39 bits per heavy atom. The second-order valence-corrected chi connectivity index (χ2v) is 4.33. The summed E-state index contributed by atoms with van der Waals surface area (Å²) in [5.41, 5.74) is 1.75. The van der Waals surface area contributed by atoms with Crippen LogP contribution in [0.3, 0.4) is 0 Å². The minimum absolute atomic E-state index is 0.138. The zero-order valence-electron chi connectivity index (χ0n) is 10.6. The first-order valence-corrected chi connectivity index (χ1v) is 5.82. The van der Waals surface area contributed by atoms with Crippen LogP contribution in [0.15, 0.2) is 42.1 Å². The summed E-state index contributed by atoms with van der Waals surface area (Å²) in [7, 11) is 0. The minimum atomic E-state index is -1.00. The van der Waals surface area contributed by atoms with Gasteiger partial charge in [-0.1, -0.05) is 30.3 Å². The van der Waals surface area contributed by atoms with Gasteiger partial charge in [0.05, 0.1) is 0 Å². The molecule has 1 rings (SSSR count). The molecule has 1 aromatic rings. The molecule has 0 aliphatic carbocycles. The van der Waals surface area contributed by atoms with Gasteiger partial charge in [-0.05, 0) is 19.4 Å². The number of rotatable bonds is 6. The van der Waals surface area contributed by atoms with Gasteiger partial charge in [-0.2, -0.15) is 0 Å². The Morgan fingerprint density at radius 3 is 2.50 bits per heavy atom. The average Bonchev–Trinajstić information content (AvgIpc) is 2.28. The molecule has 96 valence electrons. The molecular formula is C14H18N2O2. The van der Waals surface area contributed by atoms with Crippen molar-refractivity contribution in [3.05, 3.63) is 47.7 Å². The van der Waals surface area contributed by atoms with E-state index in [2.05, 4.69) is 5.32 Å². The van der Waals surface area contributed by atoms with Crippen molar-refractivity contribution in [1.82, 2.24) is 5.32 Å². The molecule has 0 saturated heterocycles. The van der Waals surface area contributed by atoms with Crippen LogP contribution >= 0.6 is 0 Å². The van der Waals surface area contributed by atoms with E-state index in [9.17, 15) is 4.79 Å². The summed E-state index contributed by atoms with van der Waals surface area (Å²) in [6.45, 7) is 3.86. The molecule has 0 fully saturated rings. The van der Waals surface area contributed by atoms with E-state index < -0.39 is 5.97 Å². The molecule has 18 heavy (non-hydrogen) atoms. The van der Waals surface area contributed by atoms with Crippen LogP contribution in [-0.2, 0) is 4.79 Å². The van der Waals surface area contributed by atoms with Gasteiger partial charge >= 0.3 is 5.97 Å². The van der Waals surface area contributed by atoms with Crippen LogP contribution in [0.5, 0.6) is 0 Å². The normalized spacial score (nSPS) is 11.4. The van der Waals surface area contributed by atoms with Gasteiger partial charge in [-0.25, -0.2) is 4.79 Å². The molecule has 0 aromatic heterocycles. The maximum Gasteiger partial charge on any atom is 0.330 e. The van der Waals surface area contributed by atoms with Crippen molar-refractivity contribution in [3.8, 4) is 0 Å². The molecule has 0 amide bonds. The van der Waals surface area contributed by atoms with Crippen molar-refractivity contribution >= 4 is 11.7 Å². The molecule has 0 atom stereocenters. The number of carboxylic acid groups (broad SMARTS) is 1. The summed E-state index contributed by atoms with van der Waals surface area (Å²) in [5.74, 6) is -1.00. The maximum atomic E-state index is 10.7. The second kappa shape index (κ2) is 6.59. The molecule has 0 unspecified atom stereocenters. The molecule has 0 bridgehead atoms. The fraction of sp³-hybridized carbons (Fsp3) is 0.286. The predicted molar refractivity (Wildman–Crippen MR) is 71.9 cm³/mol. The number of aliphatic carboxylic acids is 1. The molecule has 4 nitrogen and oxygen atoms in total. The van der Waals surface area contributed by atoms with Crippen molar-refractivity contribution in [2.24, 2.45) is 0 Å². The third-order valence-corrected chi connectivity index (χ3v) is 2.26. The van der Waals surface area contributed by atoms with E-state index in [4.69, 9.17) is 10.5 Å². The molecule has 0 heterocycles. The topological polar surface area (TPSA) is 73.2 Å². The maximum absolute atomic E-state index is 10.7. The van der Waals surface area contributed by atoms with Crippen LogP contribution in [0.1, 0.15) is 25.8 Å². The summed E-state index contributed by atoms with van der Waals surface area (Å²) >= 11 is 0. The highest BCUT2D eigenvalue weighted by atomic mass is 16.4. The lowest BCUT2D eigenvalue weighted by Crippen LogP contribution is -2.24. The van der Waals surface area contributed by atoms with Crippen LogP contribution in [0.25, 0.3) is 0 Å². The number of carboxylic acids is 1. The van der Waals surface area contributed by atoms with Gasteiger partial charge in [0.15, 0.2) is 0 Å². The number of carbonyl (C=O) groups is 1. The molecule has 4 heteroatoms. The SMILES string of the molecule is CC(C)N/C(=C\C(=O)O)CC(=N)c1ccccc1. The Hall–Kier alpha value is -2.10. The average molecular weight is 246 g/mol. The molecule has 0 aliphatic heterocycles.